The van der Waals surface area contributed by atoms with Crippen molar-refractivity contribution in [2.24, 2.45) is 5.92 Å². The fraction of sp³-hybridized carbons (Fsp3) is 0.778. The van der Waals surface area contributed by atoms with Crippen molar-refractivity contribution in [1.29, 1.82) is 0 Å². The Morgan fingerprint density at radius 3 is 2.46 bits per heavy atom. The van der Waals surface area contributed by atoms with Crippen molar-refractivity contribution < 1.29 is 9.59 Å². The molecule has 13 heavy (non-hydrogen) atoms. The zero-order chi connectivity index (χ0) is 9.42. The highest BCUT2D eigenvalue weighted by atomic mass is 16.2. The van der Waals surface area contributed by atoms with E-state index in [4.69, 9.17) is 0 Å². The maximum absolute atomic E-state index is 11.5. The summed E-state index contributed by atoms with van der Waals surface area (Å²) in [5.41, 5.74) is 0. The van der Waals surface area contributed by atoms with E-state index >= 15 is 0 Å². The number of amides is 2. The van der Waals surface area contributed by atoms with E-state index in [-0.39, 0.29) is 23.9 Å². The van der Waals surface area contributed by atoms with E-state index in [1.54, 1.807) is 0 Å². The van der Waals surface area contributed by atoms with Crippen LogP contribution in [0.2, 0.25) is 0 Å². The lowest BCUT2D eigenvalue weighted by molar-refractivity contribution is -0.137. The Hall–Kier alpha value is -1.06. The van der Waals surface area contributed by atoms with Crippen molar-refractivity contribution in [3.05, 3.63) is 0 Å². The second-order valence-electron chi connectivity index (χ2n) is 3.79. The van der Waals surface area contributed by atoms with E-state index < -0.39 is 0 Å². The molecule has 1 heterocycles. The van der Waals surface area contributed by atoms with Gasteiger partial charge in [-0.3, -0.25) is 9.59 Å². The van der Waals surface area contributed by atoms with Gasteiger partial charge in [0.25, 0.3) is 0 Å². The third kappa shape index (κ3) is 1.53. The van der Waals surface area contributed by atoms with Gasteiger partial charge in [-0.05, 0) is 25.2 Å². The van der Waals surface area contributed by atoms with E-state index in [9.17, 15) is 9.59 Å². The summed E-state index contributed by atoms with van der Waals surface area (Å²) in [6.45, 7) is 1.89. The monoisotopic (exact) mass is 182 g/mol. The SMILES string of the molecule is CC[C@H]1NC(=O)[C@H](C2CC2)NC1=O. The van der Waals surface area contributed by atoms with Gasteiger partial charge in [0.05, 0.1) is 0 Å². The summed E-state index contributed by atoms with van der Waals surface area (Å²) in [5.74, 6) is 0.356. The second-order valence-corrected chi connectivity index (χ2v) is 3.79. The maximum Gasteiger partial charge on any atom is 0.243 e. The van der Waals surface area contributed by atoms with Crippen LogP contribution < -0.4 is 10.6 Å². The van der Waals surface area contributed by atoms with Gasteiger partial charge in [0.1, 0.15) is 12.1 Å². The number of nitrogens with one attached hydrogen (secondary N) is 2. The average Bonchev–Trinajstić information content (AvgIpc) is 2.91. The molecule has 0 unspecified atom stereocenters. The van der Waals surface area contributed by atoms with Crippen molar-refractivity contribution in [2.45, 2.75) is 38.3 Å². The molecule has 2 N–H and O–H groups in total. The first-order valence-electron chi connectivity index (χ1n) is 4.83. The standard InChI is InChI=1S/C9H14N2O2/c1-2-6-8(12)11-7(5-3-4-5)9(13)10-6/h5-7H,2-4H2,1H3,(H,10,13)(H,11,12)/t6-,7+/m1/s1. The maximum atomic E-state index is 11.5. The molecule has 4 nitrogen and oxygen atoms in total. The van der Waals surface area contributed by atoms with Crippen molar-refractivity contribution in [3.63, 3.8) is 0 Å². The lowest BCUT2D eigenvalue weighted by Crippen LogP contribution is -2.62. The first-order chi connectivity index (χ1) is 6.22. The molecule has 2 atom stereocenters. The van der Waals surface area contributed by atoms with Crippen LogP contribution in [0.5, 0.6) is 0 Å². The zero-order valence-electron chi connectivity index (χ0n) is 7.67. The Morgan fingerprint density at radius 2 is 1.92 bits per heavy atom. The number of carbonyl (C=O) groups excluding carboxylic acids is 2. The number of hydrogen-bond acceptors (Lipinski definition) is 2. The highest BCUT2D eigenvalue weighted by Gasteiger charge is 2.41. The number of piperazine rings is 1. The van der Waals surface area contributed by atoms with Crippen LogP contribution in [-0.2, 0) is 9.59 Å². The predicted molar refractivity (Wildman–Crippen MR) is 46.9 cm³/mol. The molecule has 4 heteroatoms. The number of hydrogen-bond donors (Lipinski definition) is 2. The molecule has 0 radical (unpaired) electrons. The Bertz CT molecular complexity index is 248. The van der Waals surface area contributed by atoms with Gasteiger partial charge in [0, 0.05) is 0 Å². The van der Waals surface area contributed by atoms with Crippen LogP contribution in [0.4, 0.5) is 0 Å². The minimum Gasteiger partial charge on any atom is -0.343 e. The molecule has 1 saturated carbocycles. The number of carbonyl (C=O) groups is 2. The molecule has 1 aliphatic carbocycles. The van der Waals surface area contributed by atoms with Crippen LogP contribution in [0, 0.1) is 5.92 Å². The summed E-state index contributed by atoms with van der Waals surface area (Å²) in [7, 11) is 0. The second kappa shape index (κ2) is 3.01. The third-order valence-electron chi connectivity index (χ3n) is 2.71. The van der Waals surface area contributed by atoms with Gasteiger partial charge in [-0.25, -0.2) is 0 Å². The highest BCUT2D eigenvalue weighted by molar-refractivity contribution is 5.97. The summed E-state index contributed by atoms with van der Waals surface area (Å²) < 4.78 is 0. The first-order valence-corrected chi connectivity index (χ1v) is 4.83. The van der Waals surface area contributed by atoms with Crippen molar-refractivity contribution >= 4 is 11.8 Å². The predicted octanol–water partition coefficient (Wildman–Crippen LogP) is -0.210. The smallest absolute Gasteiger partial charge is 0.243 e. The fourth-order valence-corrected chi connectivity index (χ4v) is 1.70. The summed E-state index contributed by atoms with van der Waals surface area (Å²) in [6, 6.07) is -0.571. The molecular weight excluding hydrogens is 168 g/mol. The molecule has 2 rings (SSSR count). The molecule has 2 aliphatic rings. The van der Waals surface area contributed by atoms with Crippen LogP contribution in [0.1, 0.15) is 26.2 Å². The molecule has 1 aliphatic heterocycles. The van der Waals surface area contributed by atoms with Gasteiger partial charge in [0.15, 0.2) is 0 Å². The first kappa shape index (κ1) is 8.53. The van der Waals surface area contributed by atoms with Gasteiger partial charge in [-0.1, -0.05) is 6.92 Å². The fourth-order valence-electron chi connectivity index (χ4n) is 1.70. The normalized spacial score (nSPS) is 33.9. The summed E-state index contributed by atoms with van der Waals surface area (Å²) in [4.78, 5) is 22.9. The molecule has 2 fully saturated rings. The van der Waals surface area contributed by atoms with Crippen molar-refractivity contribution in [1.82, 2.24) is 10.6 Å². The quantitative estimate of drug-likeness (QED) is 0.620. The van der Waals surface area contributed by atoms with Gasteiger partial charge in [-0.15, -0.1) is 0 Å². The highest BCUT2D eigenvalue weighted by Crippen LogP contribution is 2.33. The zero-order valence-corrected chi connectivity index (χ0v) is 7.67. The Kier molecular flexibility index (Phi) is 1.98. The largest absolute Gasteiger partial charge is 0.343 e. The molecule has 0 aromatic carbocycles. The van der Waals surface area contributed by atoms with E-state index in [1.807, 2.05) is 6.92 Å². The Morgan fingerprint density at radius 1 is 1.23 bits per heavy atom. The summed E-state index contributed by atoms with van der Waals surface area (Å²) >= 11 is 0. The molecule has 2 amide bonds. The lowest BCUT2D eigenvalue weighted by atomic mass is 10.1. The molecule has 0 aromatic heterocycles. The van der Waals surface area contributed by atoms with E-state index in [0.717, 1.165) is 12.8 Å². The molecule has 1 saturated heterocycles. The lowest BCUT2D eigenvalue weighted by Gasteiger charge is -2.28. The average molecular weight is 182 g/mol. The molecule has 0 bridgehead atoms. The van der Waals surface area contributed by atoms with Gasteiger partial charge < -0.3 is 10.6 Å². The molecule has 72 valence electrons. The molecular formula is C9H14N2O2. The van der Waals surface area contributed by atoms with Crippen LogP contribution in [0.25, 0.3) is 0 Å². The minimum absolute atomic E-state index is 0.00560. The van der Waals surface area contributed by atoms with E-state index in [0.29, 0.717) is 12.3 Å². The van der Waals surface area contributed by atoms with Crippen LogP contribution in [0.3, 0.4) is 0 Å². The van der Waals surface area contributed by atoms with Gasteiger partial charge >= 0.3 is 0 Å². The van der Waals surface area contributed by atoms with Crippen LogP contribution in [0.15, 0.2) is 0 Å². The topological polar surface area (TPSA) is 58.2 Å². The van der Waals surface area contributed by atoms with Crippen LogP contribution in [-0.4, -0.2) is 23.9 Å². The third-order valence-corrected chi connectivity index (χ3v) is 2.71. The van der Waals surface area contributed by atoms with E-state index in [2.05, 4.69) is 10.6 Å². The Balaban J connectivity index is 2.03. The molecule has 0 aromatic rings. The summed E-state index contributed by atoms with van der Waals surface area (Å²) in [5, 5.41) is 5.51. The Labute approximate surface area is 77.1 Å². The van der Waals surface area contributed by atoms with Crippen molar-refractivity contribution in [3.8, 4) is 0 Å². The minimum atomic E-state index is -0.317. The van der Waals surface area contributed by atoms with Gasteiger partial charge in [-0.2, -0.15) is 0 Å². The van der Waals surface area contributed by atoms with Crippen LogP contribution >= 0.6 is 0 Å². The van der Waals surface area contributed by atoms with Gasteiger partial charge in [0.2, 0.25) is 11.8 Å². The van der Waals surface area contributed by atoms with E-state index in [1.165, 1.54) is 0 Å². The van der Waals surface area contributed by atoms with Crippen molar-refractivity contribution in [2.75, 3.05) is 0 Å². The number of rotatable bonds is 2. The summed E-state index contributed by atoms with van der Waals surface area (Å²) in [6.07, 6.45) is 2.79. The molecule has 0 spiro atoms.